The number of nitrogens with zero attached hydrogens (tertiary/aromatic N) is 2. The number of hydrogen-bond donors (Lipinski definition) is 0. The summed E-state index contributed by atoms with van der Waals surface area (Å²) in [5.74, 6) is -0.945. The molecular weight excluding hydrogens is 861 g/mol. The molecule has 6 aromatic carbocycles. The molecule has 0 saturated heterocycles. The second-order valence-corrected chi connectivity index (χ2v) is 14.7. The Balaban J connectivity index is 0.000000184. The van der Waals surface area contributed by atoms with Gasteiger partial charge in [-0.15, -0.1) is 53.1 Å². The van der Waals surface area contributed by atoms with Crippen LogP contribution in [0.15, 0.2) is 162 Å². The summed E-state index contributed by atoms with van der Waals surface area (Å²) in [5, 5.41) is 4.42. The minimum Gasteiger partial charge on any atom is -0.500 e. The molecule has 4 heteroatoms. The zero-order valence-electron chi connectivity index (χ0n) is 37.6. The minimum atomic E-state index is -2.25. The SMILES string of the molecule is [2H]C([2H])([2H])c1c[c-]c(-c2cc(C([2H])(C)c3ccccc3)ccn2)cc1-c1ccccc1.[2H]C([2H])(c1ccnc(-c2[c-]cc3oc4ccc5ccccc5c4c3c2)c1)C(C)(C)C.[Ir]. The quantitative estimate of drug-likeness (QED) is 0.156. The zero-order valence-corrected chi connectivity index (χ0v) is 34.0. The molecule has 56 heavy (non-hydrogen) atoms. The van der Waals surface area contributed by atoms with Crippen LogP contribution >= 0.6 is 0 Å². The van der Waals surface area contributed by atoms with E-state index in [4.69, 9.17) is 12.6 Å². The van der Waals surface area contributed by atoms with Crippen LogP contribution in [0.4, 0.5) is 0 Å². The number of aryl methyl sites for hydroxylation is 1. The molecule has 0 aliphatic carbocycles. The Morgan fingerprint density at radius 2 is 1.38 bits per heavy atom. The molecule has 0 amide bonds. The topological polar surface area (TPSA) is 38.9 Å². The molecule has 0 aliphatic heterocycles. The van der Waals surface area contributed by atoms with Crippen LogP contribution in [0, 0.1) is 24.4 Å². The van der Waals surface area contributed by atoms with Gasteiger partial charge >= 0.3 is 0 Å². The molecule has 0 spiro atoms. The summed E-state index contributed by atoms with van der Waals surface area (Å²) < 4.78 is 56.0. The summed E-state index contributed by atoms with van der Waals surface area (Å²) in [6, 6.07) is 52.5. The van der Waals surface area contributed by atoms with Crippen molar-refractivity contribution in [3.8, 4) is 33.6 Å². The largest absolute Gasteiger partial charge is 0.500 e. The Hall–Kier alpha value is -5.67. The van der Waals surface area contributed by atoms with Crippen molar-refractivity contribution in [2.75, 3.05) is 0 Å². The molecule has 1 radical (unpaired) electrons. The molecule has 0 fully saturated rings. The Kier molecular flexibility index (Phi) is 9.34. The summed E-state index contributed by atoms with van der Waals surface area (Å²) in [6.45, 7) is 5.34. The van der Waals surface area contributed by atoms with Crippen LogP contribution < -0.4 is 0 Å². The molecule has 3 heterocycles. The smallest absolute Gasteiger partial charge is 0.121 e. The Labute approximate surface area is 352 Å². The van der Waals surface area contributed by atoms with Gasteiger partial charge in [-0.2, -0.15) is 0 Å². The van der Waals surface area contributed by atoms with Gasteiger partial charge in [0.25, 0.3) is 0 Å². The molecule has 0 saturated carbocycles. The van der Waals surface area contributed by atoms with Crippen LogP contribution in [0.5, 0.6) is 0 Å². The standard InChI is InChI=1S/C26H22NO.C26H22N.Ir/c1-26(2,3)16-17-12-13-27-22(14-17)19-9-10-23-21(15-19)25-20-7-5-4-6-18(20)8-11-24(25)28-23;1-19-13-14-24(17-25(19)22-11-7-4-8-12-22)26-18-23(15-16-27-26)20(2)21-9-5-3-6-10-21;/h4-8,10-15H,16H2,1-3H3;3-13,15-18,20H,1-2H3;/q2*-1;/i16D2;1D3,20D;. The molecule has 0 N–H and O–H groups in total. The molecule has 279 valence electrons. The van der Waals surface area contributed by atoms with Crippen molar-refractivity contribution >= 4 is 32.7 Å². The van der Waals surface area contributed by atoms with E-state index in [0.29, 0.717) is 28.1 Å². The fourth-order valence-electron chi connectivity index (χ4n) is 6.89. The third kappa shape index (κ3) is 8.43. The normalized spacial score (nSPS) is 14.5. The maximum atomic E-state index is 8.95. The number of benzene rings is 6. The fraction of sp³-hybridized carbons (Fsp3) is 0.154. The Morgan fingerprint density at radius 3 is 2.14 bits per heavy atom. The number of fused-ring (bicyclic) bond motifs is 5. The van der Waals surface area contributed by atoms with Gasteiger partial charge in [0.2, 0.25) is 0 Å². The molecular formula is C52H44IrN2O-2. The minimum absolute atomic E-state index is 0. The number of pyridine rings is 2. The van der Waals surface area contributed by atoms with E-state index in [-0.39, 0.29) is 25.7 Å². The van der Waals surface area contributed by atoms with Gasteiger partial charge in [0, 0.05) is 52.0 Å². The van der Waals surface area contributed by atoms with Crippen molar-refractivity contribution in [2.45, 2.75) is 46.8 Å². The van der Waals surface area contributed by atoms with E-state index >= 15 is 0 Å². The number of aromatic nitrogens is 2. The van der Waals surface area contributed by atoms with Crippen LogP contribution in [-0.2, 0) is 26.5 Å². The summed E-state index contributed by atoms with van der Waals surface area (Å²) in [6.07, 6.45) is 1.89. The monoisotopic (exact) mass is 911 g/mol. The summed E-state index contributed by atoms with van der Waals surface area (Å²) in [5.41, 5.74) is 8.01. The van der Waals surface area contributed by atoms with E-state index < -0.39 is 24.5 Å². The van der Waals surface area contributed by atoms with Gasteiger partial charge < -0.3 is 14.4 Å². The van der Waals surface area contributed by atoms with E-state index in [2.05, 4.69) is 40.3 Å². The maximum absolute atomic E-state index is 8.95. The number of hydrogen-bond acceptors (Lipinski definition) is 3. The van der Waals surface area contributed by atoms with Gasteiger partial charge in [0.05, 0.1) is 5.58 Å². The van der Waals surface area contributed by atoms with E-state index in [1.165, 1.54) is 11.5 Å². The second-order valence-electron chi connectivity index (χ2n) is 14.7. The first-order chi connectivity index (χ1) is 29.0. The molecule has 3 nitrogen and oxygen atoms in total. The van der Waals surface area contributed by atoms with Crippen molar-refractivity contribution < 1.29 is 32.7 Å². The molecule has 0 bridgehead atoms. The van der Waals surface area contributed by atoms with E-state index in [1.807, 2.05) is 143 Å². The first-order valence-electron chi connectivity index (χ1n) is 21.4. The van der Waals surface area contributed by atoms with Crippen LogP contribution in [0.3, 0.4) is 0 Å². The van der Waals surface area contributed by atoms with Gasteiger partial charge in [-0.1, -0.05) is 154 Å². The van der Waals surface area contributed by atoms with Crippen LogP contribution in [0.1, 0.15) is 64.1 Å². The fourth-order valence-corrected chi connectivity index (χ4v) is 6.89. The van der Waals surface area contributed by atoms with Crippen molar-refractivity contribution in [1.82, 2.24) is 9.97 Å². The third-order valence-electron chi connectivity index (χ3n) is 9.56. The molecule has 3 aromatic heterocycles. The van der Waals surface area contributed by atoms with Gasteiger partial charge in [0.1, 0.15) is 5.58 Å². The maximum Gasteiger partial charge on any atom is 0.121 e. The average molecular weight is 911 g/mol. The van der Waals surface area contributed by atoms with Gasteiger partial charge in [-0.05, 0) is 68.8 Å². The number of rotatable bonds is 6. The van der Waals surface area contributed by atoms with Crippen molar-refractivity contribution in [1.29, 1.82) is 0 Å². The molecule has 1 atom stereocenters. The first-order valence-corrected chi connectivity index (χ1v) is 18.4. The zero-order chi connectivity index (χ0) is 43.2. The van der Waals surface area contributed by atoms with Gasteiger partial charge in [0.15, 0.2) is 0 Å². The average Bonchev–Trinajstić information content (AvgIpc) is 3.65. The molecule has 9 rings (SSSR count). The van der Waals surface area contributed by atoms with E-state index in [0.717, 1.165) is 49.6 Å². The second kappa shape index (κ2) is 16.6. The predicted octanol–water partition coefficient (Wildman–Crippen LogP) is 13.9. The van der Waals surface area contributed by atoms with E-state index in [9.17, 15) is 0 Å². The van der Waals surface area contributed by atoms with Crippen LogP contribution in [0.25, 0.3) is 66.4 Å². The molecule has 1 unspecified atom stereocenters. The van der Waals surface area contributed by atoms with Crippen molar-refractivity contribution in [3.05, 3.63) is 192 Å². The Bertz CT molecular complexity index is 3010. The number of furan rings is 1. The molecule has 0 aliphatic rings. The predicted molar refractivity (Wildman–Crippen MR) is 229 cm³/mol. The van der Waals surface area contributed by atoms with Crippen molar-refractivity contribution in [2.24, 2.45) is 5.41 Å². The van der Waals surface area contributed by atoms with Crippen LogP contribution in [0.2, 0.25) is 0 Å². The summed E-state index contributed by atoms with van der Waals surface area (Å²) in [7, 11) is 0. The first kappa shape index (κ1) is 31.5. The summed E-state index contributed by atoms with van der Waals surface area (Å²) >= 11 is 0. The van der Waals surface area contributed by atoms with Crippen LogP contribution in [-0.4, -0.2) is 9.97 Å². The van der Waals surface area contributed by atoms with Crippen molar-refractivity contribution in [3.63, 3.8) is 0 Å². The summed E-state index contributed by atoms with van der Waals surface area (Å²) in [4.78, 5) is 9.00. The van der Waals surface area contributed by atoms with E-state index in [1.54, 1.807) is 18.5 Å². The Morgan fingerprint density at radius 1 is 0.696 bits per heavy atom. The van der Waals surface area contributed by atoms with Gasteiger partial charge in [-0.25, -0.2) is 0 Å². The molecule has 9 aromatic rings. The van der Waals surface area contributed by atoms with Gasteiger partial charge in [-0.3, -0.25) is 0 Å². The third-order valence-corrected chi connectivity index (χ3v) is 9.56.